The Balaban J connectivity index is 2.41. The Morgan fingerprint density at radius 3 is 2.87 bits per heavy atom. The van der Waals surface area contributed by atoms with Gasteiger partial charge in [-0.05, 0) is 23.7 Å². The van der Waals surface area contributed by atoms with Gasteiger partial charge in [0.15, 0.2) is 0 Å². The molecule has 4 nitrogen and oxygen atoms in total. The normalized spacial score (nSPS) is 10.2. The molecule has 1 aromatic carbocycles. The summed E-state index contributed by atoms with van der Waals surface area (Å²) in [6.07, 6.45) is 0. The number of hydrogen-bond acceptors (Lipinski definition) is 4. The van der Waals surface area contributed by atoms with E-state index in [4.69, 9.17) is 5.11 Å². The molecule has 0 saturated carbocycles. The van der Waals surface area contributed by atoms with E-state index in [1.807, 2.05) is 0 Å². The summed E-state index contributed by atoms with van der Waals surface area (Å²) in [6.45, 7) is 0. The van der Waals surface area contributed by atoms with Gasteiger partial charge in [-0.2, -0.15) is 4.37 Å². The molecule has 1 N–H and O–H groups in total. The van der Waals surface area contributed by atoms with Gasteiger partial charge in [0.25, 0.3) is 5.82 Å². The van der Waals surface area contributed by atoms with Crippen LogP contribution in [0.3, 0.4) is 0 Å². The number of hydrogen-bond donors (Lipinski definition) is 1. The third-order valence-corrected chi connectivity index (χ3v) is 2.45. The van der Waals surface area contributed by atoms with Crippen LogP contribution < -0.4 is 0 Å². The van der Waals surface area contributed by atoms with Gasteiger partial charge in [-0.1, -0.05) is 12.1 Å². The van der Waals surface area contributed by atoms with Crippen molar-refractivity contribution >= 4 is 17.5 Å². The summed E-state index contributed by atoms with van der Waals surface area (Å²) in [5.74, 6) is -1.84. The fourth-order valence-electron chi connectivity index (χ4n) is 1.05. The monoisotopic (exact) mass is 224 g/mol. The Kier molecular flexibility index (Phi) is 2.42. The first-order valence-corrected chi connectivity index (χ1v) is 4.77. The largest absolute Gasteiger partial charge is 0.475 e. The van der Waals surface area contributed by atoms with E-state index >= 15 is 0 Å². The molecule has 0 aliphatic heterocycles. The van der Waals surface area contributed by atoms with Gasteiger partial charge in [0.05, 0.1) is 0 Å². The first kappa shape index (κ1) is 9.72. The van der Waals surface area contributed by atoms with Crippen LogP contribution in [0.2, 0.25) is 0 Å². The number of nitrogens with zero attached hydrogens (tertiary/aromatic N) is 2. The van der Waals surface area contributed by atoms with E-state index in [9.17, 15) is 9.18 Å². The lowest BCUT2D eigenvalue weighted by Crippen LogP contribution is -1.98. The molecule has 1 heterocycles. The van der Waals surface area contributed by atoms with E-state index in [1.54, 1.807) is 6.07 Å². The summed E-state index contributed by atoms with van der Waals surface area (Å²) in [7, 11) is 0. The van der Waals surface area contributed by atoms with E-state index in [1.165, 1.54) is 18.2 Å². The molecular formula is C9H5FN2O2S. The summed E-state index contributed by atoms with van der Waals surface area (Å²) < 4.78 is 16.5. The van der Waals surface area contributed by atoms with E-state index in [0.717, 1.165) is 11.5 Å². The molecule has 76 valence electrons. The Morgan fingerprint density at radius 2 is 2.27 bits per heavy atom. The summed E-state index contributed by atoms with van der Waals surface area (Å²) in [5.41, 5.74) is 0.528. The molecule has 2 aromatic rings. The highest BCUT2D eigenvalue weighted by Gasteiger charge is 2.12. The van der Waals surface area contributed by atoms with E-state index in [0.29, 0.717) is 10.6 Å². The van der Waals surface area contributed by atoms with Gasteiger partial charge in [-0.3, -0.25) is 0 Å². The standard InChI is InChI=1S/C9H5FN2O2S/c10-6-3-1-2-5(4-6)8-11-7(9(13)14)12-15-8/h1-4H,(H,13,14). The zero-order chi connectivity index (χ0) is 10.8. The number of carboxylic acids is 1. The van der Waals surface area contributed by atoms with Gasteiger partial charge >= 0.3 is 5.97 Å². The van der Waals surface area contributed by atoms with Crippen LogP contribution in [0.1, 0.15) is 10.6 Å². The molecule has 0 aliphatic rings. The van der Waals surface area contributed by atoms with Gasteiger partial charge in [-0.15, -0.1) is 0 Å². The number of halogens is 1. The lowest BCUT2D eigenvalue weighted by Gasteiger charge is -1.93. The first-order valence-electron chi connectivity index (χ1n) is 4.00. The lowest BCUT2D eigenvalue weighted by atomic mass is 10.2. The molecule has 0 radical (unpaired) electrons. The SMILES string of the molecule is O=C(O)c1nsc(-c2cccc(F)c2)n1. The minimum atomic E-state index is -1.19. The van der Waals surface area contributed by atoms with Crippen molar-refractivity contribution in [1.82, 2.24) is 9.36 Å². The van der Waals surface area contributed by atoms with Crippen molar-refractivity contribution in [1.29, 1.82) is 0 Å². The summed E-state index contributed by atoms with van der Waals surface area (Å²) >= 11 is 0.931. The number of aromatic nitrogens is 2. The van der Waals surface area contributed by atoms with Crippen LogP contribution >= 0.6 is 11.5 Å². The quantitative estimate of drug-likeness (QED) is 0.847. The molecule has 0 aliphatic carbocycles. The van der Waals surface area contributed by atoms with Crippen molar-refractivity contribution in [3.05, 3.63) is 35.9 Å². The van der Waals surface area contributed by atoms with Crippen LogP contribution in [0.4, 0.5) is 4.39 Å². The van der Waals surface area contributed by atoms with Crippen molar-refractivity contribution < 1.29 is 14.3 Å². The topological polar surface area (TPSA) is 63.1 Å². The summed E-state index contributed by atoms with van der Waals surface area (Å²) in [6, 6.07) is 5.77. The molecule has 15 heavy (non-hydrogen) atoms. The molecule has 0 saturated heterocycles. The Bertz CT molecular complexity index is 512. The number of carbonyl (C=O) groups is 1. The highest BCUT2D eigenvalue weighted by Crippen LogP contribution is 2.21. The minimum Gasteiger partial charge on any atom is -0.475 e. The van der Waals surface area contributed by atoms with Crippen LogP contribution in [0, 0.1) is 5.82 Å². The fraction of sp³-hybridized carbons (Fsp3) is 0. The maximum atomic E-state index is 12.9. The molecule has 0 amide bonds. The molecule has 1 aromatic heterocycles. The average molecular weight is 224 g/mol. The molecule has 0 spiro atoms. The van der Waals surface area contributed by atoms with Crippen LogP contribution in [0.5, 0.6) is 0 Å². The van der Waals surface area contributed by atoms with Gasteiger partial charge in [0.1, 0.15) is 10.8 Å². The van der Waals surface area contributed by atoms with Crippen molar-refractivity contribution in [2.45, 2.75) is 0 Å². The van der Waals surface area contributed by atoms with Crippen molar-refractivity contribution in [3.63, 3.8) is 0 Å². The summed E-state index contributed by atoms with van der Waals surface area (Å²) in [4.78, 5) is 14.3. The second-order valence-corrected chi connectivity index (χ2v) is 3.49. The van der Waals surface area contributed by atoms with E-state index in [-0.39, 0.29) is 11.6 Å². The third-order valence-electron chi connectivity index (χ3n) is 1.69. The van der Waals surface area contributed by atoms with Gasteiger partial charge < -0.3 is 5.11 Å². The molecule has 0 unspecified atom stereocenters. The number of aromatic carboxylic acids is 1. The zero-order valence-electron chi connectivity index (χ0n) is 7.35. The van der Waals surface area contributed by atoms with Crippen molar-refractivity contribution in [2.75, 3.05) is 0 Å². The minimum absolute atomic E-state index is 0.265. The smallest absolute Gasteiger partial charge is 0.375 e. The number of rotatable bonds is 2. The predicted octanol–water partition coefficient (Wildman–Crippen LogP) is 2.04. The zero-order valence-corrected chi connectivity index (χ0v) is 8.16. The number of benzene rings is 1. The molecule has 0 bridgehead atoms. The van der Waals surface area contributed by atoms with Crippen molar-refractivity contribution in [2.24, 2.45) is 0 Å². The molecule has 2 rings (SSSR count). The lowest BCUT2D eigenvalue weighted by molar-refractivity contribution is 0.0685. The predicted molar refractivity (Wildman–Crippen MR) is 52.3 cm³/mol. The van der Waals surface area contributed by atoms with Crippen LogP contribution in [-0.4, -0.2) is 20.4 Å². The Morgan fingerprint density at radius 1 is 1.47 bits per heavy atom. The summed E-state index contributed by atoms with van der Waals surface area (Å²) in [5, 5.41) is 9.00. The Labute approximate surface area is 88.2 Å². The average Bonchev–Trinajstić information content (AvgIpc) is 2.66. The molecule has 0 fully saturated rings. The highest BCUT2D eigenvalue weighted by atomic mass is 32.1. The number of carboxylic acid groups (broad SMARTS) is 1. The fourth-order valence-corrected chi connectivity index (χ4v) is 1.70. The third kappa shape index (κ3) is 1.99. The first-order chi connectivity index (χ1) is 7.16. The maximum Gasteiger partial charge on any atom is 0.375 e. The Hall–Kier alpha value is -1.82. The van der Waals surface area contributed by atoms with E-state index in [2.05, 4.69) is 9.36 Å². The van der Waals surface area contributed by atoms with E-state index < -0.39 is 5.97 Å². The second-order valence-electron chi connectivity index (χ2n) is 2.74. The highest BCUT2D eigenvalue weighted by molar-refractivity contribution is 7.09. The maximum absolute atomic E-state index is 12.9. The second kappa shape index (κ2) is 3.74. The van der Waals surface area contributed by atoms with Crippen LogP contribution in [-0.2, 0) is 0 Å². The van der Waals surface area contributed by atoms with Gasteiger partial charge in [0, 0.05) is 5.56 Å². The van der Waals surface area contributed by atoms with Crippen LogP contribution in [0.25, 0.3) is 10.6 Å². The molecule has 0 atom stereocenters. The molecule has 6 heteroatoms. The molecular weight excluding hydrogens is 219 g/mol. The van der Waals surface area contributed by atoms with Gasteiger partial charge in [-0.25, -0.2) is 14.2 Å². The van der Waals surface area contributed by atoms with Gasteiger partial charge in [0.2, 0.25) is 0 Å². The van der Waals surface area contributed by atoms with Crippen molar-refractivity contribution in [3.8, 4) is 10.6 Å². The van der Waals surface area contributed by atoms with Crippen LogP contribution in [0.15, 0.2) is 24.3 Å².